The van der Waals surface area contributed by atoms with Gasteiger partial charge in [0.05, 0.1) is 12.5 Å². The molecule has 1 aromatic carbocycles. The van der Waals surface area contributed by atoms with Crippen molar-refractivity contribution >= 4 is 17.8 Å². The largest absolute Gasteiger partial charge is 0.484 e. The maximum absolute atomic E-state index is 12.6. The summed E-state index contributed by atoms with van der Waals surface area (Å²) in [5.74, 6) is 0.00118. The molecule has 1 fully saturated rings. The molecule has 29 heavy (non-hydrogen) atoms. The van der Waals surface area contributed by atoms with E-state index in [-0.39, 0.29) is 36.7 Å². The number of rotatable bonds is 10. The Morgan fingerprint density at radius 3 is 2.59 bits per heavy atom. The Morgan fingerprint density at radius 1 is 1.14 bits per heavy atom. The number of amides is 2. The zero-order valence-corrected chi connectivity index (χ0v) is 17.5. The third kappa shape index (κ3) is 7.40. The molecule has 160 valence electrons. The maximum atomic E-state index is 12.6. The molecule has 2 rings (SSSR count). The number of hydrogen-bond acceptors (Lipinski definition) is 5. The van der Waals surface area contributed by atoms with Crippen molar-refractivity contribution in [3.63, 3.8) is 0 Å². The second kappa shape index (κ2) is 12.1. The van der Waals surface area contributed by atoms with Crippen molar-refractivity contribution in [2.45, 2.75) is 39.5 Å². The van der Waals surface area contributed by atoms with Gasteiger partial charge in [0, 0.05) is 32.6 Å². The minimum Gasteiger partial charge on any atom is -0.484 e. The van der Waals surface area contributed by atoms with Gasteiger partial charge in [-0.05, 0) is 38.3 Å². The fraction of sp³-hybridized carbons (Fsp3) is 0.591. The number of piperidine rings is 1. The zero-order valence-electron chi connectivity index (χ0n) is 17.5. The van der Waals surface area contributed by atoms with Crippen LogP contribution < -0.4 is 4.74 Å². The Morgan fingerprint density at radius 2 is 1.90 bits per heavy atom. The number of ether oxygens (including phenoxy) is 2. The third-order valence-electron chi connectivity index (χ3n) is 4.94. The lowest BCUT2D eigenvalue weighted by Gasteiger charge is -2.32. The molecule has 0 saturated carbocycles. The molecule has 0 bridgehead atoms. The molecule has 1 aliphatic rings. The summed E-state index contributed by atoms with van der Waals surface area (Å²) >= 11 is 0. The highest BCUT2D eigenvalue weighted by Gasteiger charge is 2.29. The van der Waals surface area contributed by atoms with Crippen molar-refractivity contribution < 1.29 is 23.9 Å². The standard InChI is InChI=1S/C22H32N2O5/c1-3-13-23(21(26)17-29-19-10-6-5-7-11-19)15-12-20(25)24-14-8-9-18(16-24)22(27)28-4-2/h5-7,10-11,18H,3-4,8-9,12-17H2,1-2H3. The molecular weight excluding hydrogens is 372 g/mol. The minimum atomic E-state index is -0.250. The number of likely N-dealkylation sites (tertiary alicyclic amines) is 1. The fourth-order valence-electron chi connectivity index (χ4n) is 3.43. The van der Waals surface area contributed by atoms with Gasteiger partial charge in [-0.3, -0.25) is 14.4 Å². The summed E-state index contributed by atoms with van der Waals surface area (Å²) in [5, 5.41) is 0. The van der Waals surface area contributed by atoms with Crippen LogP contribution >= 0.6 is 0 Å². The highest BCUT2D eigenvalue weighted by atomic mass is 16.5. The van der Waals surface area contributed by atoms with Gasteiger partial charge in [-0.25, -0.2) is 0 Å². The molecule has 2 amide bonds. The van der Waals surface area contributed by atoms with Crippen molar-refractivity contribution in [1.82, 2.24) is 9.80 Å². The Balaban J connectivity index is 1.82. The summed E-state index contributed by atoms with van der Waals surface area (Å²) in [6, 6.07) is 9.19. The molecule has 1 saturated heterocycles. The molecule has 1 atom stereocenters. The highest BCUT2D eigenvalue weighted by molar-refractivity contribution is 5.81. The highest BCUT2D eigenvalue weighted by Crippen LogP contribution is 2.19. The van der Waals surface area contributed by atoms with Crippen molar-refractivity contribution in [1.29, 1.82) is 0 Å². The van der Waals surface area contributed by atoms with E-state index in [0.29, 0.717) is 38.5 Å². The van der Waals surface area contributed by atoms with Crippen LogP contribution in [0.3, 0.4) is 0 Å². The second-order valence-corrected chi connectivity index (χ2v) is 7.16. The first-order valence-electron chi connectivity index (χ1n) is 10.4. The van der Waals surface area contributed by atoms with Gasteiger partial charge in [0.1, 0.15) is 5.75 Å². The van der Waals surface area contributed by atoms with Gasteiger partial charge in [-0.2, -0.15) is 0 Å². The Kier molecular flexibility index (Phi) is 9.47. The first-order chi connectivity index (χ1) is 14.0. The molecule has 7 heteroatoms. The van der Waals surface area contributed by atoms with Crippen LogP contribution in [-0.2, 0) is 19.1 Å². The molecular formula is C22H32N2O5. The van der Waals surface area contributed by atoms with Crippen LogP contribution in [0.4, 0.5) is 0 Å². The summed E-state index contributed by atoms with van der Waals surface area (Å²) in [6.07, 6.45) is 2.59. The maximum Gasteiger partial charge on any atom is 0.310 e. The summed E-state index contributed by atoms with van der Waals surface area (Å²) in [6.45, 7) is 6.05. The molecule has 1 heterocycles. The number of nitrogens with zero attached hydrogens (tertiary/aromatic N) is 2. The predicted molar refractivity (Wildman–Crippen MR) is 109 cm³/mol. The number of para-hydroxylation sites is 1. The topological polar surface area (TPSA) is 76.2 Å². The van der Waals surface area contributed by atoms with Crippen molar-refractivity contribution in [3.8, 4) is 5.75 Å². The first-order valence-corrected chi connectivity index (χ1v) is 10.4. The van der Waals surface area contributed by atoms with Crippen molar-refractivity contribution in [2.75, 3.05) is 39.4 Å². The van der Waals surface area contributed by atoms with Gasteiger partial charge in [0.25, 0.3) is 5.91 Å². The summed E-state index contributed by atoms with van der Waals surface area (Å²) in [5.41, 5.74) is 0. The van der Waals surface area contributed by atoms with E-state index in [9.17, 15) is 14.4 Å². The predicted octanol–water partition coefficient (Wildman–Crippen LogP) is 2.50. The van der Waals surface area contributed by atoms with Crippen LogP contribution in [0.1, 0.15) is 39.5 Å². The lowest BCUT2D eigenvalue weighted by molar-refractivity contribution is -0.151. The van der Waals surface area contributed by atoms with Gasteiger partial charge in [-0.1, -0.05) is 25.1 Å². The average Bonchev–Trinajstić information content (AvgIpc) is 2.75. The van der Waals surface area contributed by atoms with Crippen LogP contribution in [0, 0.1) is 5.92 Å². The SMILES string of the molecule is CCCN(CCC(=O)N1CCCC(C(=O)OCC)C1)C(=O)COc1ccccc1. The number of esters is 1. The number of hydrogen-bond donors (Lipinski definition) is 0. The van der Waals surface area contributed by atoms with Crippen LogP contribution in [0.2, 0.25) is 0 Å². The molecule has 0 spiro atoms. The lowest BCUT2D eigenvalue weighted by atomic mass is 9.98. The molecule has 7 nitrogen and oxygen atoms in total. The van der Waals surface area contributed by atoms with Crippen LogP contribution in [-0.4, -0.2) is 67.0 Å². The van der Waals surface area contributed by atoms with E-state index in [1.54, 1.807) is 28.9 Å². The quantitative estimate of drug-likeness (QED) is 0.560. The van der Waals surface area contributed by atoms with Gasteiger partial charge in [0.2, 0.25) is 5.91 Å². The van der Waals surface area contributed by atoms with Gasteiger partial charge < -0.3 is 19.3 Å². The summed E-state index contributed by atoms with van der Waals surface area (Å²) < 4.78 is 10.6. The number of carbonyl (C=O) groups excluding carboxylic acids is 3. The van der Waals surface area contributed by atoms with E-state index >= 15 is 0 Å². The monoisotopic (exact) mass is 404 g/mol. The van der Waals surface area contributed by atoms with Crippen molar-refractivity contribution in [3.05, 3.63) is 30.3 Å². The van der Waals surface area contributed by atoms with Gasteiger partial charge >= 0.3 is 5.97 Å². The van der Waals surface area contributed by atoms with E-state index in [1.807, 2.05) is 25.1 Å². The van der Waals surface area contributed by atoms with Gasteiger partial charge in [0.15, 0.2) is 6.61 Å². The van der Waals surface area contributed by atoms with Crippen molar-refractivity contribution in [2.24, 2.45) is 5.92 Å². The van der Waals surface area contributed by atoms with E-state index in [4.69, 9.17) is 9.47 Å². The smallest absolute Gasteiger partial charge is 0.310 e. The fourth-order valence-corrected chi connectivity index (χ4v) is 3.43. The lowest BCUT2D eigenvalue weighted by Crippen LogP contribution is -2.44. The van der Waals surface area contributed by atoms with Gasteiger partial charge in [-0.15, -0.1) is 0 Å². The Bertz CT molecular complexity index is 664. The normalized spacial score (nSPS) is 16.2. The Labute approximate surface area is 172 Å². The second-order valence-electron chi connectivity index (χ2n) is 7.16. The molecule has 0 aromatic heterocycles. The van der Waals surface area contributed by atoms with E-state index in [0.717, 1.165) is 19.3 Å². The Hall–Kier alpha value is -2.57. The minimum absolute atomic E-state index is 0.0307. The molecule has 1 aliphatic heterocycles. The molecule has 0 radical (unpaired) electrons. The van der Waals surface area contributed by atoms with Crippen LogP contribution in [0.25, 0.3) is 0 Å². The van der Waals surface area contributed by atoms with E-state index in [1.165, 1.54) is 0 Å². The number of benzene rings is 1. The molecule has 1 aromatic rings. The summed E-state index contributed by atoms with van der Waals surface area (Å²) in [7, 11) is 0. The number of carbonyl (C=O) groups is 3. The molecule has 1 unspecified atom stereocenters. The average molecular weight is 405 g/mol. The zero-order chi connectivity index (χ0) is 21.1. The first kappa shape index (κ1) is 22.7. The molecule has 0 N–H and O–H groups in total. The van der Waals surface area contributed by atoms with Crippen LogP contribution in [0.15, 0.2) is 30.3 Å². The summed E-state index contributed by atoms with van der Waals surface area (Å²) in [4.78, 5) is 40.5. The van der Waals surface area contributed by atoms with Crippen LogP contribution in [0.5, 0.6) is 5.75 Å². The van der Waals surface area contributed by atoms with E-state index < -0.39 is 0 Å². The van der Waals surface area contributed by atoms with E-state index in [2.05, 4.69) is 0 Å². The third-order valence-corrected chi connectivity index (χ3v) is 4.94. The molecule has 0 aliphatic carbocycles.